The fourth-order valence-electron chi connectivity index (χ4n) is 1.46. The van der Waals surface area contributed by atoms with Gasteiger partial charge in [0.1, 0.15) is 0 Å². The molecule has 13 heavy (non-hydrogen) atoms. The van der Waals surface area contributed by atoms with Crippen LogP contribution in [0.3, 0.4) is 0 Å². The lowest BCUT2D eigenvalue weighted by Gasteiger charge is -2.21. The van der Waals surface area contributed by atoms with Crippen LogP contribution in [0.5, 0.6) is 0 Å². The van der Waals surface area contributed by atoms with Crippen molar-refractivity contribution in [3.05, 3.63) is 0 Å². The Balaban J connectivity index is 1.86. The Morgan fingerprint density at radius 3 is 3.08 bits per heavy atom. The van der Waals surface area contributed by atoms with E-state index in [0.29, 0.717) is 6.10 Å². The molecule has 1 rings (SSSR count). The molecule has 3 heteroatoms. The van der Waals surface area contributed by atoms with Gasteiger partial charge in [0.05, 0.1) is 6.10 Å². The van der Waals surface area contributed by atoms with Crippen LogP contribution in [0.2, 0.25) is 0 Å². The van der Waals surface area contributed by atoms with Gasteiger partial charge in [-0.25, -0.2) is 0 Å². The molecule has 1 saturated heterocycles. The fraction of sp³-hybridized carbons (Fsp3) is 1.00. The zero-order chi connectivity index (χ0) is 9.36. The number of methoxy groups -OCH3 is 1. The SMILES string of the molecule is COCCCSCC1CCCCO1. The van der Waals surface area contributed by atoms with Crippen LogP contribution in [0.1, 0.15) is 25.7 Å². The van der Waals surface area contributed by atoms with Crippen LogP contribution in [0.25, 0.3) is 0 Å². The van der Waals surface area contributed by atoms with Gasteiger partial charge in [0, 0.05) is 26.1 Å². The lowest BCUT2D eigenvalue weighted by Crippen LogP contribution is -2.21. The number of hydrogen-bond donors (Lipinski definition) is 0. The fourth-order valence-corrected chi connectivity index (χ4v) is 2.47. The van der Waals surface area contributed by atoms with Crippen molar-refractivity contribution in [1.82, 2.24) is 0 Å². The average molecular weight is 204 g/mol. The van der Waals surface area contributed by atoms with E-state index in [4.69, 9.17) is 9.47 Å². The summed E-state index contributed by atoms with van der Waals surface area (Å²) >= 11 is 1.99. The second-order valence-electron chi connectivity index (χ2n) is 3.41. The molecular formula is C10H20O2S. The number of ether oxygens (including phenoxy) is 2. The van der Waals surface area contributed by atoms with Crippen molar-refractivity contribution in [3.8, 4) is 0 Å². The summed E-state index contributed by atoms with van der Waals surface area (Å²) in [4.78, 5) is 0. The molecule has 0 spiro atoms. The first kappa shape index (κ1) is 11.3. The van der Waals surface area contributed by atoms with Crippen LogP contribution in [0.15, 0.2) is 0 Å². The van der Waals surface area contributed by atoms with E-state index in [-0.39, 0.29) is 0 Å². The molecule has 0 aromatic heterocycles. The van der Waals surface area contributed by atoms with Crippen molar-refractivity contribution in [1.29, 1.82) is 0 Å². The third kappa shape index (κ3) is 5.55. The van der Waals surface area contributed by atoms with Crippen LogP contribution in [-0.4, -0.2) is 37.9 Å². The summed E-state index contributed by atoms with van der Waals surface area (Å²) in [6.45, 7) is 1.86. The van der Waals surface area contributed by atoms with Gasteiger partial charge in [-0.3, -0.25) is 0 Å². The van der Waals surface area contributed by atoms with E-state index in [0.717, 1.165) is 19.6 Å². The van der Waals surface area contributed by atoms with E-state index >= 15 is 0 Å². The normalized spacial score (nSPS) is 23.3. The number of rotatable bonds is 6. The van der Waals surface area contributed by atoms with Crippen molar-refractivity contribution >= 4 is 11.8 Å². The summed E-state index contributed by atoms with van der Waals surface area (Å²) in [5, 5.41) is 0. The second-order valence-corrected chi connectivity index (χ2v) is 4.56. The predicted molar refractivity (Wildman–Crippen MR) is 57.4 cm³/mol. The molecule has 1 fully saturated rings. The van der Waals surface area contributed by atoms with Crippen molar-refractivity contribution in [2.24, 2.45) is 0 Å². The van der Waals surface area contributed by atoms with E-state index in [1.54, 1.807) is 7.11 Å². The second kappa shape index (κ2) is 7.65. The van der Waals surface area contributed by atoms with E-state index in [9.17, 15) is 0 Å². The molecule has 1 atom stereocenters. The highest BCUT2D eigenvalue weighted by Crippen LogP contribution is 2.17. The van der Waals surface area contributed by atoms with Gasteiger partial charge in [-0.2, -0.15) is 11.8 Å². The summed E-state index contributed by atoms with van der Waals surface area (Å²) in [7, 11) is 1.76. The zero-order valence-corrected chi connectivity index (χ0v) is 9.28. The van der Waals surface area contributed by atoms with Crippen LogP contribution in [0.4, 0.5) is 0 Å². The third-order valence-corrected chi connectivity index (χ3v) is 3.40. The van der Waals surface area contributed by atoms with Gasteiger partial charge in [0.15, 0.2) is 0 Å². The molecule has 1 heterocycles. The van der Waals surface area contributed by atoms with Gasteiger partial charge in [0.25, 0.3) is 0 Å². The Morgan fingerprint density at radius 1 is 1.46 bits per heavy atom. The Labute approximate surface area is 85.4 Å². The van der Waals surface area contributed by atoms with Gasteiger partial charge >= 0.3 is 0 Å². The first-order valence-electron chi connectivity index (χ1n) is 5.12. The maximum atomic E-state index is 5.63. The largest absolute Gasteiger partial charge is 0.385 e. The molecule has 1 unspecified atom stereocenters. The van der Waals surface area contributed by atoms with Crippen LogP contribution in [0, 0.1) is 0 Å². The Hall–Kier alpha value is 0.270. The zero-order valence-electron chi connectivity index (χ0n) is 8.46. The quantitative estimate of drug-likeness (QED) is 0.619. The van der Waals surface area contributed by atoms with Gasteiger partial charge in [-0.05, 0) is 31.4 Å². The van der Waals surface area contributed by atoms with Crippen LogP contribution >= 0.6 is 11.8 Å². The standard InChI is InChI=1S/C10H20O2S/c1-11-6-4-8-13-9-10-5-2-3-7-12-10/h10H,2-9H2,1H3. The molecule has 2 nitrogen and oxygen atoms in total. The monoisotopic (exact) mass is 204 g/mol. The van der Waals surface area contributed by atoms with E-state index in [1.807, 2.05) is 11.8 Å². The average Bonchev–Trinajstić information content (AvgIpc) is 2.19. The maximum Gasteiger partial charge on any atom is 0.0665 e. The van der Waals surface area contributed by atoms with Crippen molar-refractivity contribution < 1.29 is 9.47 Å². The molecule has 1 aliphatic rings. The number of thioether (sulfide) groups is 1. The summed E-state index contributed by atoms with van der Waals surface area (Å²) in [6, 6.07) is 0. The first-order chi connectivity index (χ1) is 6.43. The Kier molecular flexibility index (Phi) is 6.68. The number of hydrogen-bond acceptors (Lipinski definition) is 3. The topological polar surface area (TPSA) is 18.5 Å². The summed E-state index contributed by atoms with van der Waals surface area (Å²) in [5.74, 6) is 2.37. The Morgan fingerprint density at radius 2 is 2.38 bits per heavy atom. The van der Waals surface area contributed by atoms with Crippen molar-refractivity contribution in [3.63, 3.8) is 0 Å². The maximum absolute atomic E-state index is 5.63. The molecule has 0 N–H and O–H groups in total. The lowest BCUT2D eigenvalue weighted by molar-refractivity contribution is 0.0315. The van der Waals surface area contributed by atoms with Gasteiger partial charge in [-0.1, -0.05) is 0 Å². The molecule has 78 valence electrons. The molecule has 0 aromatic rings. The van der Waals surface area contributed by atoms with E-state index < -0.39 is 0 Å². The van der Waals surface area contributed by atoms with E-state index in [1.165, 1.54) is 30.8 Å². The van der Waals surface area contributed by atoms with Crippen LogP contribution in [-0.2, 0) is 9.47 Å². The third-order valence-electron chi connectivity index (χ3n) is 2.21. The van der Waals surface area contributed by atoms with Gasteiger partial charge in [0.2, 0.25) is 0 Å². The lowest BCUT2D eigenvalue weighted by atomic mass is 10.1. The van der Waals surface area contributed by atoms with Crippen LogP contribution < -0.4 is 0 Å². The summed E-state index contributed by atoms with van der Waals surface area (Å²) < 4.78 is 10.6. The molecule has 0 amide bonds. The molecule has 0 saturated carbocycles. The molecule has 0 aromatic carbocycles. The Bertz CT molecular complexity index is 113. The molecule has 0 radical (unpaired) electrons. The smallest absolute Gasteiger partial charge is 0.0665 e. The predicted octanol–water partition coefficient (Wildman–Crippen LogP) is 2.33. The molecule has 0 bridgehead atoms. The minimum absolute atomic E-state index is 0.529. The van der Waals surface area contributed by atoms with Crippen molar-refractivity contribution in [2.45, 2.75) is 31.8 Å². The minimum atomic E-state index is 0.529. The summed E-state index contributed by atoms with van der Waals surface area (Å²) in [5.41, 5.74) is 0. The van der Waals surface area contributed by atoms with Gasteiger partial charge < -0.3 is 9.47 Å². The summed E-state index contributed by atoms with van der Waals surface area (Å²) in [6.07, 6.45) is 5.56. The highest BCUT2D eigenvalue weighted by Gasteiger charge is 2.12. The minimum Gasteiger partial charge on any atom is -0.385 e. The highest BCUT2D eigenvalue weighted by atomic mass is 32.2. The highest BCUT2D eigenvalue weighted by molar-refractivity contribution is 7.99. The van der Waals surface area contributed by atoms with E-state index in [2.05, 4.69) is 0 Å². The first-order valence-corrected chi connectivity index (χ1v) is 6.27. The molecule has 1 aliphatic heterocycles. The van der Waals surface area contributed by atoms with Crippen molar-refractivity contribution in [2.75, 3.05) is 31.8 Å². The molecular weight excluding hydrogens is 184 g/mol. The van der Waals surface area contributed by atoms with Gasteiger partial charge in [-0.15, -0.1) is 0 Å². The molecule has 0 aliphatic carbocycles.